The second-order valence-electron chi connectivity index (χ2n) is 5.67. The number of hydrogen-bond donors (Lipinski definition) is 2. The van der Waals surface area contributed by atoms with E-state index in [1.54, 1.807) is 0 Å². The number of benzene rings is 1. The first-order valence-electron chi connectivity index (χ1n) is 7.33. The molecule has 21 heavy (non-hydrogen) atoms. The van der Waals surface area contributed by atoms with Gasteiger partial charge in [-0.3, -0.25) is 4.99 Å². The molecule has 3 nitrogen and oxygen atoms in total. The van der Waals surface area contributed by atoms with Gasteiger partial charge in [-0.15, -0.1) is 24.0 Å². The maximum absolute atomic E-state index is 5.96. The molecule has 2 rings (SSSR count). The summed E-state index contributed by atoms with van der Waals surface area (Å²) < 4.78 is 0. The highest BCUT2D eigenvalue weighted by Gasteiger charge is 2.44. The molecule has 0 bridgehead atoms. The van der Waals surface area contributed by atoms with Gasteiger partial charge in [0.2, 0.25) is 0 Å². The van der Waals surface area contributed by atoms with Gasteiger partial charge in [0.25, 0.3) is 0 Å². The van der Waals surface area contributed by atoms with Crippen LogP contribution in [-0.4, -0.2) is 25.6 Å². The van der Waals surface area contributed by atoms with E-state index in [0.717, 1.165) is 23.9 Å². The SMILES string of the molecule is CCC(C)NC(=NC)NCC1(c2ccc(Cl)cc2)CC1.I. The zero-order valence-electron chi connectivity index (χ0n) is 12.9. The fourth-order valence-electron chi connectivity index (χ4n) is 2.30. The van der Waals surface area contributed by atoms with Crippen LogP contribution in [0.25, 0.3) is 0 Å². The molecule has 1 unspecified atom stereocenters. The highest BCUT2D eigenvalue weighted by Crippen LogP contribution is 2.47. The van der Waals surface area contributed by atoms with Crippen LogP contribution < -0.4 is 10.6 Å². The van der Waals surface area contributed by atoms with Crippen molar-refractivity contribution in [1.29, 1.82) is 0 Å². The first kappa shape index (κ1) is 18.6. The highest BCUT2D eigenvalue weighted by atomic mass is 127. The Balaban J connectivity index is 0.00000220. The molecular formula is C16H25ClIN3. The number of rotatable bonds is 5. The van der Waals surface area contributed by atoms with Crippen molar-refractivity contribution in [3.8, 4) is 0 Å². The molecule has 0 spiro atoms. The van der Waals surface area contributed by atoms with Gasteiger partial charge in [-0.2, -0.15) is 0 Å². The maximum atomic E-state index is 5.96. The predicted octanol–water partition coefficient (Wildman–Crippen LogP) is 3.95. The van der Waals surface area contributed by atoms with Gasteiger partial charge in [-0.1, -0.05) is 30.7 Å². The van der Waals surface area contributed by atoms with Gasteiger partial charge < -0.3 is 10.6 Å². The van der Waals surface area contributed by atoms with Crippen LogP contribution in [0.3, 0.4) is 0 Å². The van der Waals surface area contributed by atoms with Crippen molar-refractivity contribution in [2.75, 3.05) is 13.6 Å². The fraction of sp³-hybridized carbons (Fsp3) is 0.562. The summed E-state index contributed by atoms with van der Waals surface area (Å²) in [5.74, 6) is 0.889. The van der Waals surface area contributed by atoms with Crippen molar-refractivity contribution < 1.29 is 0 Å². The van der Waals surface area contributed by atoms with Crippen molar-refractivity contribution in [3.05, 3.63) is 34.9 Å². The zero-order chi connectivity index (χ0) is 14.6. The van der Waals surface area contributed by atoms with Crippen molar-refractivity contribution in [2.24, 2.45) is 4.99 Å². The first-order chi connectivity index (χ1) is 9.59. The lowest BCUT2D eigenvalue weighted by Crippen LogP contribution is -2.44. The van der Waals surface area contributed by atoms with E-state index in [0.29, 0.717) is 6.04 Å². The summed E-state index contributed by atoms with van der Waals surface area (Å²) in [7, 11) is 1.82. The summed E-state index contributed by atoms with van der Waals surface area (Å²) in [4.78, 5) is 4.29. The largest absolute Gasteiger partial charge is 0.356 e. The fourth-order valence-corrected chi connectivity index (χ4v) is 2.43. The molecule has 0 aliphatic heterocycles. The van der Waals surface area contributed by atoms with Gasteiger partial charge in [0.1, 0.15) is 0 Å². The molecule has 1 aliphatic rings. The van der Waals surface area contributed by atoms with Crippen LogP contribution in [-0.2, 0) is 5.41 Å². The Hall–Kier alpha value is -0.490. The Morgan fingerprint density at radius 2 is 1.95 bits per heavy atom. The van der Waals surface area contributed by atoms with Crippen molar-refractivity contribution >= 4 is 41.5 Å². The van der Waals surface area contributed by atoms with E-state index in [2.05, 4.69) is 41.6 Å². The monoisotopic (exact) mass is 421 g/mol. The third-order valence-electron chi connectivity index (χ3n) is 4.12. The maximum Gasteiger partial charge on any atom is 0.191 e. The lowest BCUT2D eigenvalue weighted by atomic mass is 9.96. The zero-order valence-corrected chi connectivity index (χ0v) is 16.0. The van der Waals surface area contributed by atoms with Crippen LogP contribution in [0.15, 0.2) is 29.3 Å². The van der Waals surface area contributed by atoms with E-state index in [-0.39, 0.29) is 29.4 Å². The molecule has 0 saturated heterocycles. The average Bonchev–Trinajstić information content (AvgIpc) is 3.25. The molecule has 118 valence electrons. The number of hydrogen-bond acceptors (Lipinski definition) is 1. The van der Waals surface area contributed by atoms with Crippen LogP contribution in [0.1, 0.15) is 38.7 Å². The molecule has 1 saturated carbocycles. The summed E-state index contributed by atoms with van der Waals surface area (Å²) >= 11 is 5.96. The van der Waals surface area contributed by atoms with E-state index in [4.69, 9.17) is 11.6 Å². The van der Waals surface area contributed by atoms with Gasteiger partial charge in [0.05, 0.1) is 0 Å². The van der Waals surface area contributed by atoms with Crippen LogP contribution in [0.5, 0.6) is 0 Å². The molecule has 0 heterocycles. The number of nitrogens with zero attached hydrogens (tertiary/aromatic N) is 1. The number of halogens is 2. The minimum atomic E-state index is 0. The first-order valence-corrected chi connectivity index (χ1v) is 7.70. The van der Waals surface area contributed by atoms with Crippen molar-refractivity contribution in [1.82, 2.24) is 10.6 Å². The second kappa shape index (κ2) is 8.22. The Bertz CT molecular complexity index is 469. The van der Waals surface area contributed by atoms with Gasteiger partial charge in [-0.25, -0.2) is 0 Å². The van der Waals surface area contributed by atoms with Crippen molar-refractivity contribution in [2.45, 2.75) is 44.6 Å². The average molecular weight is 422 g/mol. The third-order valence-corrected chi connectivity index (χ3v) is 4.38. The third kappa shape index (κ3) is 5.02. The van der Waals surface area contributed by atoms with Crippen LogP contribution in [0.4, 0.5) is 0 Å². The van der Waals surface area contributed by atoms with E-state index in [1.807, 2.05) is 19.2 Å². The van der Waals surface area contributed by atoms with Gasteiger partial charge in [0.15, 0.2) is 5.96 Å². The lowest BCUT2D eigenvalue weighted by molar-refractivity contribution is 0.601. The second-order valence-corrected chi connectivity index (χ2v) is 6.10. The topological polar surface area (TPSA) is 36.4 Å². The van der Waals surface area contributed by atoms with E-state index >= 15 is 0 Å². The van der Waals surface area contributed by atoms with Gasteiger partial charge >= 0.3 is 0 Å². The van der Waals surface area contributed by atoms with E-state index in [1.165, 1.54) is 18.4 Å². The summed E-state index contributed by atoms with van der Waals surface area (Å²) in [5, 5.41) is 7.65. The molecule has 1 fully saturated rings. The summed E-state index contributed by atoms with van der Waals surface area (Å²) in [6.07, 6.45) is 3.53. The smallest absolute Gasteiger partial charge is 0.191 e. The molecule has 1 aromatic carbocycles. The van der Waals surface area contributed by atoms with E-state index in [9.17, 15) is 0 Å². The van der Waals surface area contributed by atoms with Gasteiger partial charge in [-0.05, 0) is 43.9 Å². The number of nitrogens with one attached hydrogen (secondary N) is 2. The summed E-state index contributed by atoms with van der Waals surface area (Å²) in [6, 6.07) is 8.67. The van der Waals surface area contributed by atoms with E-state index < -0.39 is 0 Å². The van der Waals surface area contributed by atoms with Crippen LogP contribution in [0, 0.1) is 0 Å². The molecule has 1 atom stereocenters. The molecular weight excluding hydrogens is 397 g/mol. The van der Waals surface area contributed by atoms with Crippen molar-refractivity contribution in [3.63, 3.8) is 0 Å². The highest BCUT2D eigenvalue weighted by molar-refractivity contribution is 14.0. The molecule has 2 N–H and O–H groups in total. The Labute approximate surface area is 150 Å². The van der Waals surface area contributed by atoms with Gasteiger partial charge in [0, 0.05) is 30.1 Å². The standard InChI is InChI=1S/C16H24ClN3.HI/c1-4-12(2)20-15(18-3)19-11-16(9-10-16)13-5-7-14(17)8-6-13;/h5-8,12H,4,9-11H2,1-3H3,(H2,18,19,20);1H. The molecule has 1 aliphatic carbocycles. The Kier molecular flexibility index (Phi) is 7.27. The summed E-state index contributed by atoms with van der Waals surface area (Å²) in [6.45, 7) is 5.25. The quantitative estimate of drug-likeness (QED) is 0.429. The molecule has 0 radical (unpaired) electrons. The Morgan fingerprint density at radius 3 is 2.43 bits per heavy atom. The molecule has 0 amide bonds. The molecule has 5 heteroatoms. The normalized spacial score (nSPS) is 17.6. The predicted molar refractivity (Wildman–Crippen MR) is 102 cm³/mol. The Morgan fingerprint density at radius 1 is 1.33 bits per heavy atom. The summed E-state index contributed by atoms with van der Waals surface area (Å²) in [5.41, 5.74) is 1.63. The minimum absolute atomic E-state index is 0. The lowest BCUT2D eigenvalue weighted by Gasteiger charge is -2.21. The van der Waals surface area contributed by atoms with Crippen LogP contribution in [0.2, 0.25) is 5.02 Å². The minimum Gasteiger partial charge on any atom is -0.356 e. The number of aliphatic imine (C=N–C) groups is 1. The molecule has 0 aromatic heterocycles. The molecule has 1 aromatic rings. The van der Waals surface area contributed by atoms with Crippen LogP contribution >= 0.6 is 35.6 Å². The number of guanidine groups is 1.